The first-order valence-corrected chi connectivity index (χ1v) is 5.38. The Hall–Kier alpha value is -1.34. The van der Waals surface area contributed by atoms with Crippen LogP contribution >= 0.6 is 11.6 Å². The van der Waals surface area contributed by atoms with E-state index in [0.717, 1.165) is 5.56 Å². The zero-order valence-electron chi connectivity index (χ0n) is 9.43. The average Bonchev–Trinajstić information content (AvgIpc) is 2.24. The predicted molar refractivity (Wildman–Crippen MR) is 69.1 cm³/mol. The molecule has 1 aromatic rings. The van der Waals surface area contributed by atoms with Crippen molar-refractivity contribution in [1.29, 1.82) is 0 Å². The molecule has 0 spiro atoms. The van der Waals surface area contributed by atoms with Gasteiger partial charge in [0, 0.05) is 10.6 Å². The maximum Gasteiger partial charge on any atom is 0.133 e. The van der Waals surface area contributed by atoms with Gasteiger partial charge < -0.3 is 0 Å². The highest BCUT2D eigenvalue weighted by atomic mass is 35.5. The molecule has 84 valence electrons. The lowest BCUT2D eigenvalue weighted by Gasteiger charge is -2.06. The number of hydrogen-bond acceptors (Lipinski definition) is 0. The third-order valence-corrected chi connectivity index (χ3v) is 2.32. The lowest BCUT2D eigenvalue weighted by molar-refractivity contribution is 0.657. The summed E-state index contributed by atoms with van der Waals surface area (Å²) in [6.07, 6.45) is 3.51. The minimum absolute atomic E-state index is 0.305. The Balaban J connectivity index is 3.34. The molecule has 2 heteroatoms. The van der Waals surface area contributed by atoms with E-state index in [9.17, 15) is 4.39 Å². The van der Waals surface area contributed by atoms with Crippen LogP contribution in [0.15, 0.2) is 54.4 Å². The summed E-state index contributed by atoms with van der Waals surface area (Å²) in [7, 11) is 0. The van der Waals surface area contributed by atoms with Crippen LogP contribution in [-0.2, 0) is 0 Å². The van der Waals surface area contributed by atoms with Gasteiger partial charge in [-0.15, -0.1) is 0 Å². The zero-order valence-corrected chi connectivity index (χ0v) is 10.2. The van der Waals surface area contributed by atoms with Gasteiger partial charge in [-0.1, -0.05) is 42.5 Å². The van der Waals surface area contributed by atoms with Crippen LogP contribution in [0.3, 0.4) is 0 Å². The number of halogens is 2. The van der Waals surface area contributed by atoms with E-state index < -0.39 is 0 Å². The van der Waals surface area contributed by atoms with Crippen molar-refractivity contribution >= 4 is 17.2 Å². The molecule has 0 saturated heterocycles. The molecule has 0 aliphatic heterocycles. The second-order valence-corrected chi connectivity index (χ2v) is 3.95. The van der Waals surface area contributed by atoms with Crippen LogP contribution in [0, 0.1) is 0 Å². The van der Waals surface area contributed by atoms with Crippen LogP contribution in [0.4, 0.5) is 4.39 Å². The molecule has 0 aliphatic rings. The Kier molecular flexibility index (Phi) is 4.51. The first-order chi connectivity index (χ1) is 7.56. The molecule has 0 nitrogen and oxygen atoms in total. The average molecular weight is 237 g/mol. The molecule has 0 heterocycles. The van der Waals surface area contributed by atoms with Gasteiger partial charge >= 0.3 is 0 Å². The summed E-state index contributed by atoms with van der Waals surface area (Å²) in [4.78, 5) is 0. The molecule has 16 heavy (non-hydrogen) atoms. The maximum atomic E-state index is 13.9. The largest absolute Gasteiger partial charge is 0.206 e. The van der Waals surface area contributed by atoms with Crippen LogP contribution in [0.25, 0.3) is 5.57 Å². The smallest absolute Gasteiger partial charge is 0.133 e. The molecule has 0 atom stereocenters. The highest BCUT2D eigenvalue weighted by Gasteiger charge is 2.07. The Morgan fingerprint density at radius 1 is 1.44 bits per heavy atom. The first-order valence-electron chi connectivity index (χ1n) is 5.00. The highest BCUT2D eigenvalue weighted by molar-refractivity contribution is 6.30. The summed E-state index contributed by atoms with van der Waals surface area (Å²) in [5.74, 6) is -0.305. The summed E-state index contributed by atoms with van der Waals surface area (Å²) in [5, 5.41) is 0.592. The number of allylic oxidation sites excluding steroid dienone is 5. The van der Waals surface area contributed by atoms with Gasteiger partial charge in [0.05, 0.1) is 0 Å². The quantitative estimate of drug-likeness (QED) is 0.635. The summed E-state index contributed by atoms with van der Waals surface area (Å²) in [6.45, 7) is 7.09. The van der Waals surface area contributed by atoms with E-state index in [1.54, 1.807) is 37.3 Å². The molecule has 0 radical (unpaired) electrons. The van der Waals surface area contributed by atoms with Crippen LogP contribution in [-0.4, -0.2) is 0 Å². The molecule has 0 bridgehead atoms. The van der Waals surface area contributed by atoms with Gasteiger partial charge in [-0.2, -0.15) is 0 Å². The van der Waals surface area contributed by atoms with Gasteiger partial charge in [-0.25, -0.2) is 4.39 Å². The Morgan fingerprint density at radius 2 is 2.12 bits per heavy atom. The molecule has 0 unspecified atom stereocenters. The molecular weight excluding hydrogens is 223 g/mol. The van der Waals surface area contributed by atoms with Crippen molar-refractivity contribution in [3.05, 3.63) is 65.0 Å². The van der Waals surface area contributed by atoms with Crippen molar-refractivity contribution in [3.8, 4) is 0 Å². The lowest BCUT2D eigenvalue weighted by Crippen LogP contribution is -1.86. The van der Waals surface area contributed by atoms with E-state index in [2.05, 4.69) is 6.58 Å². The minimum atomic E-state index is -0.305. The van der Waals surface area contributed by atoms with E-state index >= 15 is 0 Å². The molecule has 0 aromatic heterocycles. The van der Waals surface area contributed by atoms with Gasteiger partial charge in [-0.05, 0) is 37.1 Å². The highest BCUT2D eigenvalue weighted by Crippen LogP contribution is 2.27. The molecule has 1 rings (SSSR count). The minimum Gasteiger partial charge on any atom is -0.206 e. The fourth-order valence-electron chi connectivity index (χ4n) is 1.35. The molecule has 0 N–H and O–H groups in total. The summed E-state index contributed by atoms with van der Waals surface area (Å²) < 4.78 is 13.9. The van der Waals surface area contributed by atoms with Crippen molar-refractivity contribution in [1.82, 2.24) is 0 Å². The Morgan fingerprint density at radius 3 is 2.62 bits per heavy atom. The summed E-state index contributed by atoms with van der Waals surface area (Å²) >= 11 is 5.88. The van der Waals surface area contributed by atoms with Gasteiger partial charge in [0.2, 0.25) is 0 Å². The molecular formula is C14H14ClF. The number of hydrogen-bond donors (Lipinski definition) is 0. The molecule has 0 aliphatic carbocycles. The van der Waals surface area contributed by atoms with Gasteiger partial charge in [0.1, 0.15) is 5.83 Å². The normalized spacial score (nSPS) is 12.8. The van der Waals surface area contributed by atoms with Crippen molar-refractivity contribution in [2.24, 2.45) is 0 Å². The molecule has 0 saturated carbocycles. The second kappa shape index (κ2) is 5.66. The van der Waals surface area contributed by atoms with Gasteiger partial charge in [-0.3, -0.25) is 0 Å². The number of benzene rings is 1. The predicted octanol–water partition coefficient (Wildman–Crippen LogP) is 5.17. The van der Waals surface area contributed by atoms with Crippen molar-refractivity contribution in [2.75, 3.05) is 0 Å². The van der Waals surface area contributed by atoms with Crippen LogP contribution in [0.2, 0.25) is 5.02 Å². The fourth-order valence-corrected chi connectivity index (χ4v) is 1.54. The molecule has 0 fully saturated rings. The first kappa shape index (κ1) is 12.7. The van der Waals surface area contributed by atoms with Crippen LogP contribution < -0.4 is 0 Å². The SMILES string of the molecule is C=C(C)/C(F)=C(\C=C/C)c1cccc(Cl)c1. The summed E-state index contributed by atoms with van der Waals surface area (Å²) in [5.41, 5.74) is 1.68. The van der Waals surface area contributed by atoms with E-state index in [1.807, 2.05) is 13.0 Å². The van der Waals surface area contributed by atoms with Gasteiger partial charge in [0.15, 0.2) is 0 Å². The van der Waals surface area contributed by atoms with Crippen molar-refractivity contribution < 1.29 is 4.39 Å². The van der Waals surface area contributed by atoms with E-state index in [0.29, 0.717) is 16.2 Å². The number of rotatable bonds is 3. The zero-order chi connectivity index (χ0) is 12.1. The standard InChI is InChI=1S/C14H14ClF/c1-4-6-13(14(16)10(2)3)11-7-5-8-12(15)9-11/h4-9H,2H2,1,3H3/b6-4-,14-13-. The van der Waals surface area contributed by atoms with Crippen LogP contribution in [0.1, 0.15) is 19.4 Å². The third kappa shape index (κ3) is 3.07. The van der Waals surface area contributed by atoms with Gasteiger partial charge in [0.25, 0.3) is 0 Å². The lowest BCUT2D eigenvalue weighted by atomic mass is 10.0. The maximum absolute atomic E-state index is 13.9. The van der Waals surface area contributed by atoms with Crippen molar-refractivity contribution in [2.45, 2.75) is 13.8 Å². The van der Waals surface area contributed by atoms with Crippen LogP contribution in [0.5, 0.6) is 0 Å². The topological polar surface area (TPSA) is 0 Å². The molecule has 1 aromatic carbocycles. The second-order valence-electron chi connectivity index (χ2n) is 3.52. The third-order valence-electron chi connectivity index (χ3n) is 2.08. The Bertz CT molecular complexity index is 456. The van der Waals surface area contributed by atoms with E-state index in [-0.39, 0.29) is 5.83 Å². The Labute approximate surface area is 101 Å². The molecule has 0 amide bonds. The van der Waals surface area contributed by atoms with Crippen molar-refractivity contribution in [3.63, 3.8) is 0 Å². The fraction of sp³-hybridized carbons (Fsp3) is 0.143. The van der Waals surface area contributed by atoms with E-state index in [4.69, 9.17) is 11.6 Å². The monoisotopic (exact) mass is 236 g/mol. The van der Waals surface area contributed by atoms with E-state index in [1.165, 1.54) is 0 Å². The summed E-state index contributed by atoms with van der Waals surface area (Å²) in [6, 6.07) is 7.12.